The third-order valence-electron chi connectivity index (χ3n) is 2.84. The predicted molar refractivity (Wildman–Crippen MR) is 95.5 cm³/mol. The Morgan fingerprint density at radius 1 is 1.17 bits per heavy atom. The van der Waals surface area contributed by atoms with Crippen LogP contribution >= 0.6 is 23.8 Å². The molecule has 0 amide bonds. The fraction of sp³-hybridized carbons (Fsp3) is 0.188. The standard InChI is InChI=1S/C16H15ClF2N2O2S/c1-2-22-14-6-4-3-5-12(14)21-16(24)20-10-7-8-13(11(17)9-10)23-15(18)19/h3-9,15H,2H2,1H3,(H2,20,21,24). The van der Waals surface area contributed by atoms with Gasteiger partial charge in [0.15, 0.2) is 5.11 Å². The van der Waals surface area contributed by atoms with Crippen LogP contribution in [-0.4, -0.2) is 18.3 Å². The summed E-state index contributed by atoms with van der Waals surface area (Å²) in [5.41, 5.74) is 1.24. The monoisotopic (exact) mass is 372 g/mol. The number of hydrogen-bond acceptors (Lipinski definition) is 3. The molecular weight excluding hydrogens is 358 g/mol. The van der Waals surface area contributed by atoms with Crippen molar-refractivity contribution < 1.29 is 18.3 Å². The fourth-order valence-corrected chi connectivity index (χ4v) is 2.36. The molecule has 2 aromatic rings. The first-order chi connectivity index (χ1) is 11.5. The van der Waals surface area contributed by atoms with Gasteiger partial charge >= 0.3 is 6.61 Å². The van der Waals surface area contributed by atoms with E-state index >= 15 is 0 Å². The number of hydrogen-bond donors (Lipinski definition) is 2. The highest BCUT2D eigenvalue weighted by Gasteiger charge is 2.10. The van der Waals surface area contributed by atoms with E-state index in [0.717, 1.165) is 0 Å². The molecule has 0 aromatic heterocycles. The molecule has 128 valence electrons. The van der Waals surface area contributed by atoms with E-state index in [4.69, 9.17) is 28.6 Å². The van der Waals surface area contributed by atoms with Gasteiger partial charge < -0.3 is 20.1 Å². The van der Waals surface area contributed by atoms with Gasteiger partial charge in [-0.3, -0.25) is 0 Å². The van der Waals surface area contributed by atoms with Crippen molar-refractivity contribution in [3.8, 4) is 11.5 Å². The maximum absolute atomic E-state index is 12.2. The Labute approximate surface area is 148 Å². The van der Waals surface area contributed by atoms with Crippen molar-refractivity contribution in [1.82, 2.24) is 0 Å². The van der Waals surface area contributed by atoms with Gasteiger partial charge in [-0.25, -0.2) is 0 Å². The summed E-state index contributed by atoms with van der Waals surface area (Å²) in [6, 6.07) is 11.7. The first-order valence-corrected chi connectivity index (χ1v) is 7.82. The van der Waals surface area contributed by atoms with Crippen molar-refractivity contribution in [3.05, 3.63) is 47.5 Å². The molecule has 0 fully saturated rings. The van der Waals surface area contributed by atoms with Gasteiger partial charge in [-0.15, -0.1) is 0 Å². The van der Waals surface area contributed by atoms with Gasteiger partial charge in [-0.2, -0.15) is 8.78 Å². The van der Waals surface area contributed by atoms with Crippen LogP contribution in [0.2, 0.25) is 5.02 Å². The smallest absolute Gasteiger partial charge is 0.387 e. The summed E-state index contributed by atoms with van der Waals surface area (Å²) in [5, 5.41) is 6.29. The molecular formula is C16H15ClF2N2O2S. The molecule has 0 saturated carbocycles. The van der Waals surface area contributed by atoms with Gasteiger partial charge in [0.2, 0.25) is 0 Å². The first-order valence-electron chi connectivity index (χ1n) is 7.03. The number of benzene rings is 2. The molecule has 0 aliphatic carbocycles. The van der Waals surface area contributed by atoms with Crippen LogP contribution in [0, 0.1) is 0 Å². The molecule has 0 bridgehead atoms. The summed E-state index contributed by atoms with van der Waals surface area (Å²) < 4.78 is 34.2. The summed E-state index contributed by atoms with van der Waals surface area (Å²) in [6.07, 6.45) is 0. The van der Waals surface area contributed by atoms with E-state index in [1.54, 1.807) is 0 Å². The minimum atomic E-state index is -2.93. The van der Waals surface area contributed by atoms with Crippen LogP contribution in [-0.2, 0) is 0 Å². The van der Waals surface area contributed by atoms with Crippen molar-refractivity contribution in [2.75, 3.05) is 17.2 Å². The van der Waals surface area contributed by atoms with Crippen molar-refractivity contribution in [1.29, 1.82) is 0 Å². The van der Waals surface area contributed by atoms with E-state index in [1.807, 2.05) is 31.2 Å². The van der Waals surface area contributed by atoms with Crippen LogP contribution in [0.25, 0.3) is 0 Å². The molecule has 0 heterocycles. The molecule has 2 N–H and O–H groups in total. The van der Waals surface area contributed by atoms with Gasteiger partial charge in [0.25, 0.3) is 0 Å². The highest BCUT2D eigenvalue weighted by atomic mass is 35.5. The second-order valence-electron chi connectivity index (χ2n) is 4.53. The summed E-state index contributed by atoms with van der Waals surface area (Å²) in [6.45, 7) is -0.516. The van der Waals surface area contributed by atoms with Gasteiger partial charge in [0.1, 0.15) is 11.5 Å². The van der Waals surface area contributed by atoms with E-state index in [2.05, 4.69) is 15.4 Å². The fourth-order valence-electron chi connectivity index (χ4n) is 1.91. The Morgan fingerprint density at radius 2 is 1.92 bits per heavy atom. The summed E-state index contributed by atoms with van der Waals surface area (Å²) in [4.78, 5) is 0. The molecule has 0 aliphatic heterocycles. The quantitative estimate of drug-likeness (QED) is 0.686. The molecule has 0 saturated heterocycles. The second kappa shape index (κ2) is 8.65. The van der Waals surface area contributed by atoms with Crippen molar-refractivity contribution >= 4 is 40.3 Å². The SMILES string of the molecule is CCOc1ccccc1NC(=S)Nc1ccc(OC(F)F)c(Cl)c1. The van der Waals surface area contributed by atoms with Gasteiger partial charge in [-0.05, 0) is 49.5 Å². The van der Waals surface area contributed by atoms with Crippen molar-refractivity contribution in [2.45, 2.75) is 13.5 Å². The number of nitrogens with one attached hydrogen (secondary N) is 2. The third-order valence-corrected chi connectivity index (χ3v) is 3.34. The molecule has 2 rings (SSSR count). The van der Waals surface area contributed by atoms with E-state index < -0.39 is 6.61 Å². The van der Waals surface area contributed by atoms with Gasteiger partial charge in [0.05, 0.1) is 17.3 Å². The maximum atomic E-state index is 12.2. The van der Waals surface area contributed by atoms with Crippen LogP contribution in [0.5, 0.6) is 11.5 Å². The molecule has 8 heteroatoms. The van der Waals surface area contributed by atoms with Crippen LogP contribution < -0.4 is 20.1 Å². The minimum absolute atomic E-state index is 0.0535. The average Bonchev–Trinajstić information content (AvgIpc) is 2.52. The zero-order chi connectivity index (χ0) is 17.5. The number of ether oxygens (including phenoxy) is 2. The molecule has 0 spiro atoms. The number of halogens is 3. The zero-order valence-corrected chi connectivity index (χ0v) is 14.3. The topological polar surface area (TPSA) is 42.5 Å². The number of alkyl halides is 2. The average molecular weight is 373 g/mol. The van der Waals surface area contributed by atoms with Crippen molar-refractivity contribution in [2.24, 2.45) is 0 Å². The van der Waals surface area contributed by atoms with Crippen LogP contribution in [0.4, 0.5) is 20.2 Å². The van der Waals surface area contributed by atoms with Crippen molar-refractivity contribution in [3.63, 3.8) is 0 Å². The van der Waals surface area contributed by atoms with E-state index in [1.165, 1.54) is 18.2 Å². The number of thiocarbonyl (C=S) groups is 1. The molecule has 0 unspecified atom stereocenters. The van der Waals surface area contributed by atoms with E-state index in [9.17, 15) is 8.78 Å². The van der Waals surface area contributed by atoms with Crippen LogP contribution in [0.3, 0.4) is 0 Å². The normalized spacial score (nSPS) is 10.4. The lowest BCUT2D eigenvalue weighted by atomic mass is 10.3. The predicted octanol–water partition coefficient (Wildman–Crippen LogP) is 5.15. The highest BCUT2D eigenvalue weighted by molar-refractivity contribution is 7.80. The lowest BCUT2D eigenvalue weighted by molar-refractivity contribution is -0.0497. The van der Waals surface area contributed by atoms with Gasteiger partial charge in [-0.1, -0.05) is 23.7 Å². The Hall–Kier alpha value is -2.12. The van der Waals surface area contributed by atoms with Gasteiger partial charge in [0, 0.05) is 5.69 Å². The number of para-hydroxylation sites is 2. The summed E-state index contributed by atoms with van der Waals surface area (Å²) >= 11 is 11.1. The largest absolute Gasteiger partial charge is 0.492 e. The Kier molecular flexibility index (Phi) is 6.57. The molecule has 0 aliphatic rings. The Balaban J connectivity index is 2.04. The highest BCUT2D eigenvalue weighted by Crippen LogP contribution is 2.29. The molecule has 2 aromatic carbocycles. The zero-order valence-electron chi connectivity index (χ0n) is 12.7. The first kappa shape index (κ1) is 18.2. The Morgan fingerprint density at radius 3 is 2.58 bits per heavy atom. The maximum Gasteiger partial charge on any atom is 0.387 e. The lowest BCUT2D eigenvalue weighted by Gasteiger charge is -2.15. The lowest BCUT2D eigenvalue weighted by Crippen LogP contribution is -2.19. The number of anilines is 2. The summed E-state index contributed by atoms with van der Waals surface area (Å²) in [7, 11) is 0. The second-order valence-corrected chi connectivity index (χ2v) is 5.35. The third kappa shape index (κ3) is 5.21. The molecule has 0 atom stereocenters. The van der Waals surface area contributed by atoms with E-state index in [-0.39, 0.29) is 10.8 Å². The Bertz CT molecular complexity index is 716. The molecule has 0 radical (unpaired) electrons. The summed E-state index contributed by atoms with van der Waals surface area (Å²) in [5.74, 6) is 0.570. The minimum Gasteiger partial charge on any atom is -0.492 e. The number of rotatable bonds is 6. The van der Waals surface area contributed by atoms with Crippen LogP contribution in [0.15, 0.2) is 42.5 Å². The van der Waals surface area contributed by atoms with E-state index in [0.29, 0.717) is 28.8 Å². The van der Waals surface area contributed by atoms with Crippen LogP contribution in [0.1, 0.15) is 6.92 Å². The molecule has 4 nitrogen and oxygen atoms in total. The molecule has 24 heavy (non-hydrogen) atoms.